The molecule has 1 nitrogen and oxygen atoms in total. The lowest BCUT2D eigenvalue weighted by atomic mass is 10.1. The van der Waals surface area contributed by atoms with Crippen molar-refractivity contribution < 1.29 is 13.2 Å². The summed E-state index contributed by atoms with van der Waals surface area (Å²) in [6, 6.07) is 4.32. The van der Waals surface area contributed by atoms with Gasteiger partial charge in [-0.1, -0.05) is 11.6 Å². The monoisotopic (exact) mass is 269 g/mol. The Bertz CT molecular complexity index is 354. The van der Waals surface area contributed by atoms with Gasteiger partial charge in [0.25, 0.3) is 0 Å². The maximum atomic E-state index is 12.1. The summed E-state index contributed by atoms with van der Waals surface area (Å²) in [4.78, 5) is 0.156. The summed E-state index contributed by atoms with van der Waals surface area (Å²) < 4.78 is 36.4. The highest BCUT2D eigenvalue weighted by Gasteiger charge is 2.29. The van der Waals surface area contributed by atoms with Gasteiger partial charge in [0.15, 0.2) is 0 Å². The van der Waals surface area contributed by atoms with Gasteiger partial charge in [0.1, 0.15) is 0 Å². The zero-order valence-corrected chi connectivity index (χ0v) is 9.92. The Balaban J connectivity index is 2.81. The van der Waals surface area contributed by atoms with Crippen LogP contribution in [-0.2, 0) is 6.42 Å². The van der Waals surface area contributed by atoms with Gasteiger partial charge in [-0.3, -0.25) is 0 Å². The van der Waals surface area contributed by atoms with Gasteiger partial charge >= 0.3 is 5.51 Å². The number of hydrogen-bond acceptors (Lipinski definition) is 2. The smallest absolute Gasteiger partial charge is 0.330 e. The molecule has 0 spiro atoms. The number of alkyl halides is 3. The third kappa shape index (κ3) is 4.63. The topological polar surface area (TPSA) is 26.0 Å². The molecule has 1 aromatic rings. The predicted molar refractivity (Wildman–Crippen MR) is 60.7 cm³/mol. The van der Waals surface area contributed by atoms with E-state index in [0.717, 1.165) is 0 Å². The first-order valence-corrected chi connectivity index (χ1v) is 5.86. The summed E-state index contributed by atoms with van der Waals surface area (Å²) in [5.74, 6) is 0. The number of aryl methyl sites for hydroxylation is 1. The van der Waals surface area contributed by atoms with Crippen LogP contribution >= 0.6 is 23.4 Å². The summed E-state index contributed by atoms with van der Waals surface area (Å²) >= 11 is 5.74. The predicted octanol–water partition coefficient (Wildman–Crippen LogP) is 3.84. The molecule has 0 aliphatic carbocycles. The Labute approximate surface area is 101 Å². The lowest BCUT2D eigenvalue weighted by Crippen LogP contribution is -2.02. The van der Waals surface area contributed by atoms with E-state index in [1.807, 2.05) is 0 Å². The van der Waals surface area contributed by atoms with Crippen LogP contribution < -0.4 is 5.73 Å². The molecule has 0 unspecified atom stereocenters. The first kappa shape index (κ1) is 13.7. The molecule has 0 fully saturated rings. The first-order valence-electron chi connectivity index (χ1n) is 4.66. The molecule has 1 rings (SSSR count). The molecule has 0 saturated carbocycles. The summed E-state index contributed by atoms with van der Waals surface area (Å²) in [6.07, 6.45) is 1.31. The molecule has 0 atom stereocenters. The molecule has 0 aliphatic heterocycles. The normalized spacial score (nSPS) is 11.8. The molecule has 90 valence electrons. The van der Waals surface area contributed by atoms with E-state index in [0.29, 0.717) is 30.0 Å². The van der Waals surface area contributed by atoms with Crippen LogP contribution in [0.15, 0.2) is 23.1 Å². The van der Waals surface area contributed by atoms with Crippen LogP contribution in [0, 0.1) is 0 Å². The van der Waals surface area contributed by atoms with Crippen molar-refractivity contribution in [3.05, 3.63) is 28.8 Å². The SMILES string of the molecule is NCCCc1cc(SC(F)(F)F)ccc1Cl. The van der Waals surface area contributed by atoms with Crippen LogP contribution in [0.1, 0.15) is 12.0 Å². The summed E-state index contributed by atoms with van der Waals surface area (Å²) in [5, 5.41) is 0.486. The fraction of sp³-hybridized carbons (Fsp3) is 0.400. The highest BCUT2D eigenvalue weighted by Crippen LogP contribution is 2.38. The number of benzene rings is 1. The lowest BCUT2D eigenvalue weighted by molar-refractivity contribution is -0.0328. The van der Waals surface area contributed by atoms with Crippen LogP contribution in [-0.4, -0.2) is 12.1 Å². The molecule has 0 radical (unpaired) electrons. The highest BCUT2D eigenvalue weighted by atomic mass is 35.5. The molecule has 2 N–H and O–H groups in total. The average Bonchev–Trinajstić information content (AvgIpc) is 2.17. The number of hydrogen-bond donors (Lipinski definition) is 1. The third-order valence-corrected chi connectivity index (χ3v) is 2.99. The first-order chi connectivity index (χ1) is 7.42. The van der Waals surface area contributed by atoms with Crippen LogP contribution in [0.2, 0.25) is 5.02 Å². The quantitative estimate of drug-likeness (QED) is 0.841. The van der Waals surface area contributed by atoms with Crippen molar-refractivity contribution in [3.8, 4) is 0 Å². The average molecular weight is 270 g/mol. The second-order valence-corrected chi connectivity index (χ2v) is 4.74. The maximum Gasteiger partial charge on any atom is 0.446 e. The second-order valence-electron chi connectivity index (χ2n) is 3.19. The minimum atomic E-state index is -4.26. The molecule has 0 saturated heterocycles. The van der Waals surface area contributed by atoms with E-state index in [-0.39, 0.29) is 16.7 Å². The highest BCUT2D eigenvalue weighted by molar-refractivity contribution is 8.00. The fourth-order valence-corrected chi connectivity index (χ4v) is 2.05. The molecule has 0 heterocycles. The lowest BCUT2D eigenvalue weighted by Gasteiger charge is -2.08. The van der Waals surface area contributed by atoms with Crippen LogP contribution in [0.3, 0.4) is 0 Å². The number of halogens is 4. The van der Waals surface area contributed by atoms with Crippen molar-refractivity contribution in [1.29, 1.82) is 0 Å². The van der Waals surface area contributed by atoms with E-state index in [9.17, 15) is 13.2 Å². The van der Waals surface area contributed by atoms with E-state index in [1.54, 1.807) is 0 Å². The molecule has 0 bridgehead atoms. The standard InChI is InChI=1S/C10H11ClF3NS/c11-9-4-3-8(16-10(12,13)14)6-7(9)2-1-5-15/h3-4,6H,1-2,5,15H2. The summed E-state index contributed by atoms with van der Waals surface area (Å²) in [6.45, 7) is 0.493. The molecule has 1 aromatic carbocycles. The Morgan fingerprint density at radius 1 is 1.31 bits per heavy atom. The molecular formula is C10H11ClF3NS. The molecule has 0 amide bonds. The number of thioether (sulfide) groups is 1. The Morgan fingerprint density at radius 3 is 2.56 bits per heavy atom. The van der Waals surface area contributed by atoms with Crippen LogP contribution in [0.5, 0.6) is 0 Å². The van der Waals surface area contributed by atoms with Crippen LogP contribution in [0.4, 0.5) is 13.2 Å². The Hall–Kier alpha value is -0.390. The van der Waals surface area contributed by atoms with Crippen molar-refractivity contribution in [2.24, 2.45) is 5.73 Å². The minimum absolute atomic E-state index is 0.133. The van der Waals surface area contributed by atoms with Crippen LogP contribution in [0.25, 0.3) is 0 Å². The van der Waals surface area contributed by atoms with Gasteiger partial charge in [-0.25, -0.2) is 0 Å². The van der Waals surface area contributed by atoms with Crippen molar-refractivity contribution in [3.63, 3.8) is 0 Å². The molecule has 0 aliphatic rings. The van der Waals surface area contributed by atoms with Crippen molar-refractivity contribution in [2.75, 3.05) is 6.54 Å². The summed E-state index contributed by atoms with van der Waals surface area (Å²) in [7, 11) is 0. The minimum Gasteiger partial charge on any atom is -0.330 e. The largest absolute Gasteiger partial charge is 0.446 e. The van der Waals surface area contributed by atoms with Gasteiger partial charge in [-0.15, -0.1) is 0 Å². The van der Waals surface area contributed by atoms with Crippen molar-refractivity contribution in [2.45, 2.75) is 23.2 Å². The van der Waals surface area contributed by atoms with Gasteiger partial charge in [0, 0.05) is 9.92 Å². The van der Waals surface area contributed by atoms with Crippen molar-refractivity contribution in [1.82, 2.24) is 0 Å². The van der Waals surface area contributed by atoms with Gasteiger partial charge in [0.05, 0.1) is 0 Å². The number of nitrogens with two attached hydrogens (primary N) is 1. The molecular weight excluding hydrogens is 259 g/mol. The zero-order valence-electron chi connectivity index (χ0n) is 8.35. The van der Waals surface area contributed by atoms with E-state index >= 15 is 0 Å². The van der Waals surface area contributed by atoms with Gasteiger partial charge in [-0.2, -0.15) is 13.2 Å². The van der Waals surface area contributed by atoms with E-state index in [2.05, 4.69) is 0 Å². The van der Waals surface area contributed by atoms with Gasteiger partial charge < -0.3 is 5.73 Å². The zero-order chi connectivity index (χ0) is 12.2. The Morgan fingerprint density at radius 2 is 2.00 bits per heavy atom. The third-order valence-electron chi connectivity index (χ3n) is 1.90. The molecule has 0 aromatic heterocycles. The van der Waals surface area contributed by atoms with Crippen molar-refractivity contribution >= 4 is 23.4 Å². The van der Waals surface area contributed by atoms with Gasteiger partial charge in [-0.05, 0) is 54.9 Å². The van der Waals surface area contributed by atoms with Gasteiger partial charge in [0.2, 0.25) is 0 Å². The van der Waals surface area contributed by atoms with E-state index in [1.165, 1.54) is 18.2 Å². The molecule has 6 heteroatoms. The molecule has 16 heavy (non-hydrogen) atoms. The Kier molecular flexibility index (Phi) is 4.95. The second kappa shape index (κ2) is 5.80. The van der Waals surface area contributed by atoms with E-state index < -0.39 is 5.51 Å². The maximum absolute atomic E-state index is 12.1. The fourth-order valence-electron chi connectivity index (χ4n) is 1.23. The number of rotatable bonds is 4. The summed E-state index contributed by atoms with van der Waals surface area (Å²) in [5.41, 5.74) is 1.78. The van der Waals surface area contributed by atoms with E-state index in [4.69, 9.17) is 17.3 Å².